The topological polar surface area (TPSA) is 80.0 Å². The molecule has 1 aromatic heterocycles. The summed E-state index contributed by atoms with van der Waals surface area (Å²) < 4.78 is 0. The van der Waals surface area contributed by atoms with Crippen LogP contribution in [0, 0.1) is 10.8 Å². The number of rotatable bonds is 3. The van der Waals surface area contributed by atoms with Gasteiger partial charge in [0.2, 0.25) is 0 Å². The van der Waals surface area contributed by atoms with Gasteiger partial charge in [0, 0.05) is 12.2 Å². The van der Waals surface area contributed by atoms with Crippen LogP contribution < -0.4 is 16.6 Å². The van der Waals surface area contributed by atoms with E-state index in [4.69, 9.17) is 17.4 Å². The number of halogens is 1. The van der Waals surface area contributed by atoms with Crippen molar-refractivity contribution in [1.29, 1.82) is 0 Å². The van der Waals surface area contributed by atoms with Gasteiger partial charge in [-0.15, -0.1) is 0 Å². The second kappa shape index (κ2) is 4.35. The highest BCUT2D eigenvalue weighted by Gasteiger charge is 2.65. The fraction of sp³-hybridized carbons (Fsp3) is 0.538. The summed E-state index contributed by atoms with van der Waals surface area (Å²) in [7, 11) is 0. The highest BCUT2D eigenvalue weighted by Crippen LogP contribution is 2.62. The van der Waals surface area contributed by atoms with E-state index in [9.17, 15) is 4.79 Å². The van der Waals surface area contributed by atoms with Gasteiger partial charge in [0.05, 0.1) is 10.6 Å². The molecule has 0 aliphatic heterocycles. The highest BCUT2D eigenvalue weighted by molar-refractivity contribution is 6.33. The minimum absolute atomic E-state index is 0.0959. The first-order valence-corrected chi connectivity index (χ1v) is 6.52. The Morgan fingerprint density at radius 3 is 2.37 bits per heavy atom. The van der Waals surface area contributed by atoms with E-state index in [-0.39, 0.29) is 22.8 Å². The van der Waals surface area contributed by atoms with Crippen molar-refractivity contribution in [3.8, 4) is 0 Å². The van der Waals surface area contributed by atoms with Crippen molar-refractivity contribution in [2.24, 2.45) is 16.7 Å². The van der Waals surface area contributed by atoms with Crippen molar-refractivity contribution >= 4 is 23.3 Å². The molecule has 1 aliphatic rings. The quantitative estimate of drug-likeness (QED) is 0.586. The third kappa shape index (κ3) is 2.17. The van der Waals surface area contributed by atoms with Gasteiger partial charge in [-0.05, 0) is 16.9 Å². The number of carbonyl (C=O) groups excluding carboxylic acids is 1. The zero-order chi connectivity index (χ0) is 14.4. The molecule has 1 amide bonds. The highest BCUT2D eigenvalue weighted by atomic mass is 35.5. The van der Waals surface area contributed by atoms with E-state index < -0.39 is 0 Å². The Kier molecular flexibility index (Phi) is 3.23. The maximum Gasteiger partial charge on any atom is 0.253 e. The summed E-state index contributed by atoms with van der Waals surface area (Å²) in [6, 6.07) is 1.71. The molecule has 6 heteroatoms. The molecule has 1 saturated carbocycles. The first-order valence-electron chi connectivity index (χ1n) is 6.15. The summed E-state index contributed by atoms with van der Waals surface area (Å²) in [6.07, 6.45) is 1.46. The first-order chi connectivity index (χ1) is 8.71. The number of hydrazine groups is 1. The molecule has 4 N–H and O–H groups in total. The maximum atomic E-state index is 12.2. The molecule has 0 atom stereocenters. The summed E-state index contributed by atoms with van der Waals surface area (Å²) in [6.45, 7) is 8.57. The number of nitrogen functional groups attached to an aromatic ring is 1. The van der Waals surface area contributed by atoms with Crippen LogP contribution in [0.1, 0.15) is 38.1 Å². The van der Waals surface area contributed by atoms with E-state index in [0.717, 1.165) is 0 Å². The average Bonchev–Trinajstić information content (AvgIpc) is 2.71. The molecule has 19 heavy (non-hydrogen) atoms. The van der Waals surface area contributed by atoms with Gasteiger partial charge in [0.25, 0.3) is 5.91 Å². The van der Waals surface area contributed by atoms with Gasteiger partial charge in [-0.3, -0.25) is 4.79 Å². The second-order valence-electron chi connectivity index (χ2n) is 6.05. The SMILES string of the molecule is CC1(C)C(NC(=O)c2cnc(NN)c(Cl)c2)C1(C)C. The van der Waals surface area contributed by atoms with Crippen molar-refractivity contribution in [2.75, 3.05) is 5.43 Å². The number of aromatic nitrogens is 1. The molecule has 5 nitrogen and oxygen atoms in total. The molecule has 104 valence electrons. The van der Waals surface area contributed by atoms with Crippen LogP contribution in [0.2, 0.25) is 5.02 Å². The van der Waals surface area contributed by atoms with Gasteiger partial charge in [-0.25, -0.2) is 10.8 Å². The van der Waals surface area contributed by atoms with Crippen molar-refractivity contribution < 1.29 is 4.79 Å². The molecule has 0 unspecified atom stereocenters. The fourth-order valence-corrected chi connectivity index (χ4v) is 2.66. The standard InChI is InChI=1S/C13H19ClN4O/c1-12(2)11(13(12,3)4)17-10(19)7-5-8(14)9(18-15)16-6-7/h5-6,11H,15H2,1-4H3,(H,16,18)(H,17,19). The maximum absolute atomic E-state index is 12.2. The summed E-state index contributed by atoms with van der Waals surface area (Å²) in [5.74, 6) is 5.43. The zero-order valence-electron chi connectivity index (χ0n) is 11.5. The molecule has 1 aromatic rings. The van der Waals surface area contributed by atoms with Crippen LogP contribution in [0.25, 0.3) is 0 Å². The third-order valence-electron chi connectivity index (χ3n) is 4.54. The Morgan fingerprint density at radius 2 is 1.95 bits per heavy atom. The van der Waals surface area contributed by atoms with Crippen molar-refractivity contribution in [3.05, 3.63) is 22.8 Å². The molecule has 0 aromatic carbocycles. The first kappa shape index (κ1) is 14.1. The molecule has 0 bridgehead atoms. The van der Waals surface area contributed by atoms with E-state index in [1.165, 1.54) is 6.20 Å². The number of nitrogens with two attached hydrogens (primary N) is 1. The van der Waals surface area contributed by atoms with Crippen LogP contribution in [-0.4, -0.2) is 16.9 Å². The number of anilines is 1. The van der Waals surface area contributed by atoms with E-state index >= 15 is 0 Å². The molecular formula is C13H19ClN4O. The van der Waals surface area contributed by atoms with Gasteiger partial charge in [0.1, 0.15) is 0 Å². The van der Waals surface area contributed by atoms with Crippen LogP contribution in [-0.2, 0) is 0 Å². The van der Waals surface area contributed by atoms with Gasteiger partial charge in [-0.2, -0.15) is 0 Å². The van der Waals surface area contributed by atoms with Crippen molar-refractivity contribution in [1.82, 2.24) is 10.3 Å². The second-order valence-corrected chi connectivity index (χ2v) is 6.46. The van der Waals surface area contributed by atoms with Crippen molar-refractivity contribution in [2.45, 2.75) is 33.7 Å². The van der Waals surface area contributed by atoms with E-state index in [2.05, 4.69) is 43.4 Å². The van der Waals surface area contributed by atoms with Crippen LogP contribution in [0.4, 0.5) is 5.82 Å². The number of hydrogen-bond acceptors (Lipinski definition) is 4. The number of hydrogen-bond donors (Lipinski definition) is 3. The smallest absolute Gasteiger partial charge is 0.253 e. The Labute approximate surface area is 117 Å². The van der Waals surface area contributed by atoms with Crippen LogP contribution in [0.3, 0.4) is 0 Å². The molecule has 1 aliphatic carbocycles. The lowest BCUT2D eigenvalue weighted by Crippen LogP contribution is -2.30. The zero-order valence-corrected chi connectivity index (χ0v) is 12.3. The lowest BCUT2D eigenvalue weighted by atomic mass is 10.0. The normalized spacial score (nSPS) is 19.9. The Balaban J connectivity index is 2.12. The summed E-state index contributed by atoms with van der Waals surface area (Å²) in [5, 5.41) is 3.35. The van der Waals surface area contributed by atoms with Gasteiger partial charge >= 0.3 is 0 Å². The van der Waals surface area contributed by atoms with Gasteiger partial charge < -0.3 is 10.7 Å². The monoisotopic (exact) mass is 282 g/mol. The predicted molar refractivity (Wildman–Crippen MR) is 75.9 cm³/mol. The number of amides is 1. The Morgan fingerprint density at radius 1 is 1.37 bits per heavy atom. The summed E-state index contributed by atoms with van der Waals surface area (Å²) >= 11 is 5.95. The van der Waals surface area contributed by atoms with Crippen LogP contribution >= 0.6 is 11.6 Å². The lowest BCUT2D eigenvalue weighted by Gasteiger charge is -2.08. The lowest BCUT2D eigenvalue weighted by molar-refractivity contribution is 0.0943. The fourth-order valence-electron chi connectivity index (χ4n) is 2.44. The summed E-state index contributed by atoms with van der Waals surface area (Å²) in [4.78, 5) is 16.2. The molecule has 1 heterocycles. The van der Waals surface area contributed by atoms with Gasteiger partial charge in [-0.1, -0.05) is 39.3 Å². The minimum atomic E-state index is -0.165. The summed E-state index contributed by atoms with van der Waals surface area (Å²) in [5.41, 5.74) is 2.99. The largest absolute Gasteiger partial charge is 0.348 e. The Hall–Kier alpha value is -1.33. The molecule has 0 saturated heterocycles. The van der Waals surface area contributed by atoms with Crippen LogP contribution in [0.15, 0.2) is 12.3 Å². The van der Waals surface area contributed by atoms with E-state index in [0.29, 0.717) is 16.4 Å². The molecule has 0 spiro atoms. The molecule has 0 radical (unpaired) electrons. The average molecular weight is 283 g/mol. The Bertz CT molecular complexity index is 513. The van der Waals surface area contributed by atoms with Crippen molar-refractivity contribution in [3.63, 3.8) is 0 Å². The molecule has 2 rings (SSSR count). The van der Waals surface area contributed by atoms with E-state index in [1.54, 1.807) is 6.07 Å². The number of nitrogens with one attached hydrogen (secondary N) is 2. The molecule has 1 fully saturated rings. The minimum Gasteiger partial charge on any atom is -0.348 e. The predicted octanol–water partition coefficient (Wildman–Crippen LogP) is 2.18. The van der Waals surface area contributed by atoms with Gasteiger partial charge in [0.15, 0.2) is 5.82 Å². The number of pyridine rings is 1. The number of nitrogens with zero attached hydrogens (tertiary/aromatic N) is 1. The number of carbonyl (C=O) groups is 1. The van der Waals surface area contributed by atoms with E-state index in [1.807, 2.05) is 0 Å². The third-order valence-corrected chi connectivity index (χ3v) is 4.82. The van der Waals surface area contributed by atoms with Crippen LogP contribution in [0.5, 0.6) is 0 Å². The molecular weight excluding hydrogens is 264 g/mol.